The SMILES string of the molecule is CC1CCCN(Cc2csc(NC(=O)Cc3ccc(Cl)cc3Cl)n2)C1. The van der Waals surface area contributed by atoms with Gasteiger partial charge in [-0.3, -0.25) is 9.69 Å². The van der Waals surface area contributed by atoms with E-state index in [0.29, 0.717) is 15.2 Å². The first-order valence-corrected chi connectivity index (χ1v) is 10.0. The van der Waals surface area contributed by atoms with Crippen LogP contribution in [-0.2, 0) is 17.8 Å². The minimum Gasteiger partial charge on any atom is -0.302 e. The van der Waals surface area contributed by atoms with Gasteiger partial charge in [-0.15, -0.1) is 11.3 Å². The third kappa shape index (κ3) is 5.42. The first-order chi connectivity index (χ1) is 12.0. The van der Waals surface area contributed by atoms with E-state index in [1.54, 1.807) is 18.2 Å². The van der Waals surface area contributed by atoms with Crippen LogP contribution in [0.15, 0.2) is 23.6 Å². The number of likely N-dealkylation sites (tertiary alicyclic amines) is 1. The van der Waals surface area contributed by atoms with Gasteiger partial charge in [0, 0.05) is 28.5 Å². The van der Waals surface area contributed by atoms with E-state index in [2.05, 4.69) is 22.1 Å². The number of hydrogen-bond donors (Lipinski definition) is 1. The van der Waals surface area contributed by atoms with Crippen LogP contribution in [-0.4, -0.2) is 28.9 Å². The number of anilines is 1. The van der Waals surface area contributed by atoms with Crippen molar-refractivity contribution in [2.75, 3.05) is 18.4 Å². The van der Waals surface area contributed by atoms with Crippen LogP contribution in [0.5, 0.6) is 0 Å². The highest BCUT2D eigenvalue weighted by molar-refractivity contribution is 7.13. The molecule has 1 saturated heterocycles. The fraction of sp³-hybridized carbons (Fsp3) is 0.444. The number of carbonyl (C=O) groups excluding carboxylic acids is 1. The van der Waals surface area contributed by atoms with E-state index in [1.165, 1.54) is 24.2 Å². The molecule has 134 valence electrons. The van der Waals surface area contributed by atoms with Crippen molar-refractivity contribution in [1.29, 1.82) is 0 Å². The average Bonchev–Trinajstić information content (AvgIpc) is 2.97. The van der Waals surface area contributed by atoms with Gasteiger partial charge in [-0.05, 0) is 43.0 Å². The van der Waals surface area contributed by atoms with Crippen LogP contribution >= 0.6 is 34.5 Å². The summed E-state index contributed by atoms with van der Waals surface area (Å²) in [4.78, 5) is 19.2. The predicted octanol–water partition coefficient (Wildman–Crippen LogP) is 4.86. The minimum atomic E-state index is -0.128. The van der Waals surface area contributed by atoms with Crippen molar-refractivity contribution >= 4 is 45.6 Å². The van der Waals surface area contributed by atoms with Crippen molar-refractivity contribution in [3.05, 3.63) is 44.9 Å². The Morgan fingerprint density at radius 3 is 3.04 bits per heavy atom. The third-order valence-electron chi connectivity index (χ3n) is 4.29. The Balaban J connectivity index is 1.54. The standard InChI is InChI=1S/C18H21Cl2N3OS/c1-12-3-2-6-23(9-12)10-15-11-25-18(21-15)22-17(24)7-13-4-5-14(19)8-16(13)20/h4-5,8,11-12H,2-3,6-7,9-10H2,1H3,(H,21,22,24). The maximum atomic E-state index is 12.2. The molecule has 1 aliphatic heterocycles. The second kappa shape index (κ2) is 8.49. The highest BCUT2D eigenvalue weighted by Crippen LogP contribution is 2.23. The molecule has 0 radical (unpaired) electrons. The molecule has 25 heavy (non-hydrogen) atoms. The molecule has 0 spiro atoms. The Hall–Kier alpha value is -1.14. The summed E-state index contributed by atoms with van der Waals surface area (Å²) in [5.74, 6) is 0.618. The Morgan fingerprint density at radius 2 is 2.28 bits per heavy atom. The molecule has 7 heteroatoms. The van der Waals surface area contributed by atoms with Crippen molar-refractivity contribution in [3.8, 4) is 0 Å². The van der Waals surface area contributed by atoms with Gasteiger partial charge < -0.3 is 5.32 Å². The lowest BCUT2D eigenvalue weighted by molar-refractivity contribution is -0.115. The number of aromatic nitrogens is 1. The first-order valence-electron chi connectivity index (χ1n) is 8.40. The predicted molar refractivity (Wildman–Crippen MR) is 105 cm³/mol. The number of amides is 1. The van der Waals surface area contributed by atoms with Gasteiger partial charge in [-0.25, -0.2) is 4.98 Å². The van der Waals surface area contributed by atoms with Gasteiger partial charge in [-0.1, -0.05) is 36.2 Å². The summed E-state index contributed by atoms with van der Waals surface area (Å²) >= 11 is 13.5. The molecular weight excluding hydrogens is 377 g/mol. The van der Waals surface area contributed by atoms with Crippen molar-refractivity contribution in [2.24, 2.45) is 5.92 Å². The highest BCUT2D eigenvalue weighted by Gasteiger charge is 2.17. The van der Waals surface area contributed by atoms with Crippen LogP contribution in [0.3, 0.4) is 0 Å². The molecule has 2 aromatic rings. The van der Waals surface area contributed by atoms with E-state index in [4.69, 9.17) is 23.2 Å². The Morgan fingerprint density at radius 1 is 1.44 bits per heavy atom. The lowest BCUT2D eigenvalue weighted by atomic mass is 10.0. The maximum absolute atomic E-state index is 12.2. The number of halogens is 2. The van der Waals surface area contributed by atoms with Crippen molar-refractivity contribution in [1.82, 2.24) is 9.88 Å². The van der Waals surface area contributed by atoms with E-state index >= 15 is 0 Å². The maximum Gasteiger partial charge on any atom is 0.230 e. The molecule has 0 aliphatic carbocycles. The summed E-state index contributed by atoms with van der Waals surface area (Å²) in [5.41, 5.74) is 1.77. The molecule has 1 N–H and O–H groups in total. The molecule has 1 aromatic carbocycles. The lowest BCUT2D eigenvalue weighted by Gasteiger charge is -2.30. The monoisotopic (exact) mass is 397 g/mol. The summed E-state index contributed by atoms with van der Waals surface area (Å²) in [7, 11) is 0. The van der Waals surface area contributed by atoms with Gasteiger partial charge in [-0.2, -0.15) is 0 Å². The van der Waals surface area contributed by atoms with Crippen molar-refractivity contribution in [2.45, 2.75) is 32.7 Å². The number of thiazole rings is 1. The highest BCUT2D eigenvalue weighted by atomic mass is 35.5. The Labute approximate surface area is 162 Å². The molecule has 1 fully saturated rings. The number of rotatable bonds is 5. The average molecular weight is 398 g/mol. The minimum absolute atomic E-state index is 0.128. The summed E-state index contributed by atoms with van der Waals surface area (Å²) in [6.45, 7) is 5.38. The number of piperidine rings is 1. The molecule has 1 atom stereocenters. The Bertz CT molecular complexity index is 750. The van der Waals surface area contributed by atoms with Crippen molar-refractivity contribution < 1.29 is 4.79 Å². The van der Waals surface area contributed by atoms with E-state index in [0.717, 1.165) is 36.8 Å². The summed E-state index contributed by atoms with van der Waals surface area (Å²) < 4.78 is 0. The molecular formula is C18H21Cl2N3OS. The topological polar surface area (TPSA) is 45.2 Å². The van der Waals surface area contributed by atoms with E-state index < -0.39 is 0 Å². The van der Waals surface area contributed by atoms with E-state index in [9.17, 15) is 4.79 Å². The Kier molecular flexibility index (Phi) is 6.34. The smallest absolute Gasteiger partial charge is 0.230 e. The number of carbonyl (C=O) groups is 1. The first kappa shape index (κ1) is 18.6. The molecule has 2 heterocycles. The zero-order chi connectivity index (χ0) is 17.8. The van der Waals surface area contributed by atoms with Crippen LogP contribution < -0.4 is 5.32 Å². The second-order valence-corrected chi connectivity index (χ2v) is 8.29. The molecule has 1 amide bonds. The third-order valence-corrected chi connectivity index (χ3v) is 5.68. The number of hydrogen-bond acceptors (Lipinski definition) is 4. The van der Waals surface area contributed by atoms with Gasteiger partial charge in [0.05, 0.1) is 12.1 Å². The van der Waals surface area contributed by atoms with Crippen LogP contribution in [0.4, 0.5) is 5.13 Å². The molecule has 1 aromatic heterocycles. The van der Waals surface area contributed by atoms with Gasteiger partial charge in [0.15, 0.2) is 5.13 Å². The summed E-state index contributed by atoms with van der Waals surface area (Å²) in [5, 5.41) is 6.57. The van der Waals surface area contributed by atoms with Crippen LogP contribution in [0.25, 0.3) is 0 Å². The second-order valence-electron chi connectivity index (χ2n) is 6.59. The molecule has 4 nitrogen and oxygen atoms in total. The number of nitrogens with zero attached hydrogens (tertiary/aromatic N) is 2. The fourth-order valence-corrected chi connectivity index (χ4v) is 4.29. The molecule has 1 aliphatic rings. The summed E-state index contributed by atoms with van der Waals surface area (Å²) in [6.07, 6.45) is 2.76. The molecule has 3 rings (SSSR count). The van der Waals surface area contributed by atoms with Gasteiger partial charge in [0.2, 0.25) is 5.91 Å². The normalized spacial score (nSPS) is 18.3. The molecule has 0 bridgehead atoms. The van der Waals surface area contributed by atoms with Crippen molar-refractivity contribution in [3.63, 3.8) is 0 Å². The van der Waals surface area contributed by atoms with E-state index in [-0.39, 0.29) is 12.3 Å². The van der Waals surface area contributed by atoms with Crippen LogP contribution in [0.1, 0.15) is 31.0 Å². The van der Waals surface area contributed by atoms with E-state index in [1.807, 2.05) is 5.38 Å². The van der Waals surface area contributed by atoms with Gasteiger partial charge in [0.1, 0.15) is 0 Å². The zero-order valence-electron chi connectivity index (χ0n) is 14.1. The largest absolute Gasteiger partial charge is 0.302 e. The molecule has 0 saturated carbocycles. The zero-order valence-corrected chi connectivity index (χ0v) is 16.4. The lowest BCUT2D eigenvalue weighted by Crippen LogP contribution is -2.33. The number of nitrogens with one attached hydrogen (secondary N) is 1. The summed E-state index contributed by atoms with van der Waals surface area (Å²) in [6, 6.07) is 5.15. The fourth-order valence-electron chi connectivity index (χ4n) is 3.10. The van der Waals surface area contributed by atoms with Crippen LogP contribution in [0.2, 0.25) is 10.0 Å². The van der Waals surface area contributed by atoms with Gasteiger partial charge >= 0.3 is 0 Å². The van der Waals surface area contributed by atoms with Crippen LogP contribution in [0, 0.1) is 5.92 Å². The van der Waals surface area contributed by atoms with Gasteiger partial charge in [0.25, 0.3) is 0 Å². The quantitative estimate of drug-likeness (QED) is 0.782. The molecule has 1 unspecified atom stereocenters. The number of benzene rings is 1.